The van der Waals surface area contributed by atoms with E-state index in [4.69, 9.17) is 4.84 Å². The first kappa shape index (κ1) is 13.1. The Morgan fingerprint density at radius 3 is 2.72 bits per heavy atom. The molecule has 0 radical (unpaired) electrons. The predicted molar refractivity (Wildman–Crippen MR) is 77.6 cm³/mol. The molecule has 0 atom stereocenters. The summed E-state index contributed by atoms with van der Waals surface area (Å²) < 4.78 is 2.93. The van der Waals surface area contributed by atoms with Crippen LogP contribution in [0.4, 0.5) is 0 Å². The third-order valence-corrected chi connectivity index (χ3v) is 3.20. The Kier molecular flexibility index (Phi) is 3.69. The zero-order valence-electron chi connectivity index (χ0n) is 10.8. The highest BCUT2D eigenvalue weighted by Crippen LogP contribution is 2.16. The second-order valence-corrected chi connectivity index (χ2v) is 5.39. The molecule has 0 N–H and O–H groups in total. The maximum absolute atomic E-state index is 5.75. The van der Waals surface area contributed by atoms with E-state index in [1.54, 1.807) is 0 Å². The Labute approximate surface area is 119 Å². The second kappa shape index (κ2) is 5.09. The Hall–Kier alpha value is -1.38. The summed E-state index contributed by atoms with van der Waals surface area (Å²) in [6, 6.07) is 6.56. The molecule has 0 amide bonds. The average Bonchev–Trinajstić information content (AvgIpc) is 2.69. The van der Waals surface area contributed by atoms with Crippen molar-refractivity contribution in [3.05, 3.63) is 21.8 Å². The summed E-state index contributed by atoms with van der Waals surface area (Å²) in [5, 5.41) is 8.15. The summed E-state index contributed by atoms with van der Waals surface area (Å²) in [6.07, 6.45) is 0. The van der Waals surface area contributed by atoms with Gasteiger partial charge in [-0.15, -0.1) is 5.10 Å². The Bertz CT molecular complexity index is 600. The molecule has 1 aromatic heterocycles. The number of halogens is 1. The van der Waals surface area contributed by atoms with E-state index in [2.05, 4.69) is 32.9 Å². The first-order chi connectivity index (χ1) is 8.50. The summed E-state index contributed by atoms with van der Waals surface area (Å²) in [4.78, 5) is 9.07. The monoisotopic (exact) mass is 360 g/mol. The molecule has 1 aromatic carbocycles. The molecule has 0 fully saturated rings. The van der Waals surface area contributed by atoms with Crippen molar-refractivity contribution >= 4 is 39.6 Å². The van der Waals surface area contributed by atoms with E-state index in [0.29, 0.717) is 6.02 Å². The van der Waals surface area contributed by atoms with Crippen LogP contribution >= 0.6 is 22.6 Å². The van der Waals surface area contributed by atoms with Crippen LogP contribution in [0.3, 0.4) is 0 Å². The van der Waals surface area contributed by atoms with Crippen LogP contribution in [0.2, 0.25) is 0 Å². The zero-order chi connectivity index (χ0) is 13.3. The van der Waals surface area contributed by atoms with E-state index in [1.807, 2.05) is 55.9 Å². The molecule has 96 valence electrons. The fourth-order valence-electron chi connectivity index (χ4n) is 1.60. The van der Waals surface area contributed by atoms with Crippen LogP contribution in [-0.4, -0.2) is 58.8 Å². The highest BCUT2D eigenvalue weighted by molar-refractivity contribution is 14.1. The highest BCUT2D eigenvalue weighted by atomic mass is 127. The molecule has 0 saturated heterocycles. The summed E-state index contributed by atoms with van der Waals surface area (Å²) >= 11 is 2.23. The molecule has 0 saturated carbocycles. The average molecular weight is 360 g/mol. The zero-order valence-corrected chi connectivity index (χ0v) is 12.9. The maximum Gasteiger partial charge on any atom is 0.471 e. The van der Waals surface area contributed by atoms with Gasteiger partial charge in [0.15, 0.2) is 0 Å². The van der Waals surface area contributed by atoms with Gasteiger partial charge in [0, 0.05) is 3.57 Å². The van der Waals surface area contributed by atoms with Gasteiger partial charge in [0.2, 0.25) is 0 Å². The number of hydrogen-bond acceptors (Lipinski definition) is 3. The fraction of sp³-hybridized carbons (Fsp3) is 0.364. The third-order valence-electron chi connectivity index (χ3n) is 2.33. The van der Waals surface area contributed by atoms with E-state index >= 15 is 0 Å². The maximum atomic E-state index is 5.75. The van der Waals surface area contributed by atoms with Crippen LogP contribution in [-0.2, 0) is 0 Å². The molecule has 0 aliphatic rings. The van der Waals surface area contributed by atoms with Crippen LogP contribution in [0, 0.1) is 3.57 Å². The van der Waals surface area contributed by atoms with Gasteiger partial charge in [0.25, 0.3) is 0 Å². The van der Waals surface area contributed by atoms with Gasteiger partial charge in [0.1, 0.15) is 11.0 Å². The Morgan fingerprint density at radius 2 is 2.11 bits per heavy atom. The molecule has 2 aromatic rings. The Balaban J connectivity index is 2.44. The van der Waals surface area contributed by atoms with Gasteiger partial charge in [-0.25, -0.2) is 9.48 Å². The molecule has 2 rings (SSSR count). The van der Waals surface area contributed by atoms with Crippen LogP contribution in [0.15, 0.2) is 18.2 Å². The van der Waals surface area contributed by atoms with Gasteiger partial charge in [-0.1, -0.05) is 10.9 Å². The summed E-state index contributed by atoms with van der Waals surface area (Å²) in [5.74, 6) is 0. The van der Waals surface area contributed by atoms with Gasteiger partial charge in [-0.3, -0.25) is 4.84 Å². The molecular formula is C11H15IN5O+. The van der Waals surface area contributed by atoms with Gasteiger partial charge in [-0.2, -0.15) is 0 Å². The van der Waals surface area contributed by atoms with Crippen molar-refractivity contribution in [2.24, 2.45) is 0 Å². The molecular weight excluding hydrogens is 345 g/mol. The normalized spacial score (nSPS) is 10.5. The van der Waals surface area contributed by atoms with Crippen molar-refractivity contribution in [1.29, 1.82) is 0 Å². The summed E-state index contributed by atoms with van der Waals surface area (Å²) in [7, 11) is 7.66. The molecule has 0 aliphatic heterocycles. The van der Waals surface area contributed by atoms with E-state index in [0.717, 1.165) is 14.6 Å². The topological polar surface area (TPSA) is 46.2 Å². The van der Waals surface area contributed by atoms with Gasteiger partial charge >= 0.3 is 6.02 Å². The van der Waals surface area contributed by atoms with Crippen LogP contribution in [0.1, 0.15) is 0 Å². The van der Waals surface area contributed by atoms with Crippen molar-refractivity contribution in [2.45, 2.75) is 0 Å². The second-order valence-electron chi connectivity index (χ2n) is 4.23. The number of fused-ring (bicyclic) bond motifs is 1. The quantitative estimate of drug-likeness (QED) is 0.324. The van der Waals surface area contributed by atoms with Crippen LogP contribution in [0.5, 0.6) is 0 Å². The van der Waals surface area contributed by atoms with Crippen LogP contribution < -0.4 is 4.84 Å². The Morgan fingerprint density at radius 1 is 1.39 bits per heavy atom. The number of benzene rings is 1. The van der Waals surface area contributed by atoms with Crippen LogP contribution in [0.25, 0.3) is 11.0 Å². The molecule has 0 unspecified atom stereocenters. The molecule has 18 heavy (non-hydrogen) atoms. The minimum atomic E-state index is 0.681. The lowest BCUT2D eigenvalue weighted by atomic mass is 10.3. The van der Waals surface area contributed by atoms with Crippen molar-refractivity contribution in [1.82, 2.24) is 20.1 Å². The first-order valence-electron chi connectivity index (χ1n) is 5.40. The first-order valence-corrected chi connectivity index (χ1v) is 6.48. The van der Waals surface area contributed by atoms with Gasteiger partial charge < -0.3 is 0 Å². The summed E-state index contributed by atoms with van der Waals surface area (Å²) in [5.41, 5.74) is 1.69. The van der Waals surface area contributed by atoms with Crippen molar-refractivity contribution in [3.8, 4) is 0 Å². The number of hydrogen-bond donors (Lipinski definition) is 0. The molecule has 7 heteroatoms. The van der Waals surface area contributed by atoms with Crippen molar-refractivity contribution in [2.75, 3.05) is 28.2 Å². The lowest BCUT2D eigenvalue weighted by molar-refractivity contribution is -0.480. The fourth-order valence-corrected chi connectivity index (χ4v) is 2.19. The minimum absolute atomic E-state index is 0.681. The highest BCUT2D eigenvalue weighted by Gasteiger charge is 2.18. The minimum Gasteiger partial charge on any atom is -0.278 e. The number of rotatable bonds is 1. The van der Waals surface area contributed by atoms with Gasteiger partial charge in [0.05, 0.1) is 28.2 Å². The number of aromatic nitrogens is 3. The molecule has 6 nitrogen and oxygen atoms in total. The lowest BCUT2D eigenvalue weighted by Crippen LogP contribution is -2.39. The van der Waals surface area contributed by atoms with E-state index in [9.17, 15) is 0 Å². The van der Waals surface area contributed by atoms with Crippen molar-refractivity contribution < 1.29 is 9.41 Å². The predicted octanol–water partition coefficient (Wildman–Crippen LogP) is 0.654. The standard InChI is InChI=1S/C11H15IN5O/c1-15(2)11(16(3)4)18-17-9-7-5-6-8(12)10(9)13-14-17/h5-7H,1-4H3/q+1. The van der Waals surface area contributed by atoms with E-state index < -0.39 is 0 Å². The SMILES string of the molecule is CN(C)C(On1nnc2c(I)cccc21)=[N+](C)C. The largest absolute Gasteiger partial charge is 0.471 e. The molecule has 0 spiro atoms. The van der Waals surface area contributed by atoms with E-state index in [-0.39, 0.29) is 0 Å². The molecule has 0 bridgehead atoms. The van der Waals surface area contributed by atoms with Crippen molar-refractivity contribution in [3.63, 3.8) is 0 Å². The smallest absolute Gasteiger partial charge is 0.278 e. The van der Waals surface area contributed by atoms with E-state index in [1.165, 1.54) is 4.85 Å². The number of amidine groups is 1. The van der Waals surface area contributed by atoms with Gasteiger partial charge in [-0.05, 0) is 39.9 Å². The summed E-state index contributed by atoms with van der Waals surface area (Å²) in [6.45, 7) is 0. The third kappa shape index (κ3) is 2.40. The molecule has 0 aliphatic carbocycles. The lowest BCUT2D eigenvalue weighted by Gasteiger charge is -2.10. The number of nitrogens with zero attached hydrogens (tertiary/aromatic N) is 5. The molecule has 1 heterocycles.